The van der Waals surface area contributed by atoms with Gasteiger partial charge in [0, 0.05) is 4.47 Å². The molecule has 0 unspecified atom stereocenters. The van der Waals surface area contributed by atoms with Gasteiger partial charge in [-0.05, 0) is 25.1 Å². The Morgan fingerprint density at radius 1 is 1.45 bits per heavy atom. The van der Waals surface area contributed by atoms with Crippen molar-refractivity contribution in [2.45, 2.75) is 6.92 Å². The van der Waals surface area contributed by atoms with Gasteiger partial charge in [0.05, 0.1) is 6.26 Å². The molecule has 2 heteroatoms. The molecule has 0 aliphatic heterocycles. The topological polar surface area (TPSA) is 9.23 Å². The van der Waals surface area contributed by atoms with Crippen LogP contribution in [0.25, 0.3) is 0 Å². The zero-order chi connectivity index (χ0) is 8.10. The van der Waals surface area contributed by atoms with Gasteiger partial charge in [-0.3, -0.25) is 0 Å². The summed E-state index contributed by atoms with van der Waals surface area (Å²) in [4.78, 5) is 0. The van der Waals surface area contributed by atoms with Gasteiger partial charge in [-0.25, -0.2) is 0 Å². The van der Waals surface area contributed by atoms with Gasteiger partial charge in [-0.1, -0.05) is 28.1 Å². The molecular formula is C9H9BrO. The van der Waals surface area contributed by atoms with E-state index in [9.17, 15) is 0 Å². The number of rotatable bonds is 2. The molecule has 1 aromatic carbocycles. The molecule has 11 heavy (non-hydrogen) atoms. The highest BCUT2D eigenvalue weighted by molar-refractivity contribution is 9.10. The molecule has 0 bridgehead atoms. The van der Waals surface area contributed by atoms with E-state index in [1.807, 2.05) is 37.3 Å². The summed E-state index contributed by atoms with van der Waals surface area (Å²) in [5.41, 5.74) is 0. The van der Waals surface area contributed by atoms with E-state index in [4.69, 9.17) is 4.74 Å². The second-order valence-electron chi connectivity index (χ2n) is 2.04. The average Bonchev–Trinajstić information content (AvgIpc) is 2.01. The second-order valence-corrected chi connectivity index (χ2v) is 2.96. The minimum atomic E-state index is 0.845. The molecule has 0 atom stereocenters. The largest absolute Gasteiger partial charge is 0.465 e. The maximum absolute atomic E-state index is 5.23. The first-order valence-corrected chi connectivity index (χ1v) is 4.15. The fraction of sp³-hybridized carbons (Fsp3) is 0.111. The predicted molar refractivity (Wildman–Crippen MR) is 49.6 cm³/mol. The Kier molecular flexibility index (Phi) is 3.17. The van der Waals surface area contributed by atoms with Crippen molar-refractivity contribution in [3.63, 3.8) is 0 Å². The third kappa shape index (κ3) is 2.76. The molecule has 1 nitrogen and oxygen atoms in total. The quantitative estimate of drug-likeness (QED) is 0.684. The van der Waals surface area contributed by atoms with Gasteiger partial charge in [0.25, 0.3) is 0 Å². The molecule has 0 fully saturated rings. The van der Waals surface area contributed by atoms with Gasteiger partial charge >= 0.3 is 0 Å². The molecule has 0 N–H and O–H groups in total. The normalized spacial score (nSPS) is 10.4. The van der Waals surface area contributed by atoms with Crippen LogP contribution in [0.1, 0.15) is 6.92 Å². The summed E-state index contributed by atoms with van der Waals surface area (Å²) in [5, 5.41) is 0. The summed E-state index contributed by atoms with van der Waals surface area (Å²) in [6.45, 7) is 1.91. The van der Waals surface area contributed by atoms with E-state index in [0.29, 0.717) is 0 Å². The van der Waals surface area contributed by atoms with Crippen LogP contribution in [0.5, 0.6) is 5.75 Å². The Morgan fingerprint density at radius 2 is 2.27 bits per heavy atom. The Hall–Kier alpha value is -0.760. The van der Waals surface area contributed by atoms with Crippen molar-refractivity contribution < 1.29 is 4.74 Å². The van der Waals surface area contributed by atoms with Crippen molar-refractivity contribution in [3.8, 4) is 5.75 Å². The van der Waals surface area contributed by atoms with Crippen LogP contribution in [0.2, 0.25) is 0 Å². The predicted octanol–water partition coefficient (Wildman–Crippen LogP) is 3.36. The summed E-state index contributed by atoms with van der Waals surface area (Å²) in [6.07, 6.45) is 3.50. The lowest BCUT2D eigenvalue weighted by molar-refractivity contribution is 0.480. The average molecular weight is 213 g/mol. The van der Waals surface area contributed by atoms with Gasteiger partial charge in [0.1, 0.15) is 5.75 Å². The Balaban J connectivity index is 2.71. The first-order chi connectivity index (χ1) is 5.33. The molecule has 0 radical (unpaired) electrons. The first kappa shape index (κ1) is 8.34. The summed E-state index contributed by atoms with van der Waals surface area (Å²) >= 11 is 3.35. The van der Waals surface area contributed by atoms with Crippen LogP contribution in [0.15, 0.2) is 41.1 Å². The van der Waals surface area contributed by atoms with Gasteiger partial charge < -0.3 is 4.74 Å². The van der Waals surface area contributed by atoms with Gasteiger partial charge in [-0.15, -0.1) is 0 Å². The Labute approximate surface area is 74.8 Å². The molecule has 0 spiro atoms. The number of hydrogen-bond donors (Lipinski definition) is 0. The van der Waals surface area contributed by atoms with E-state index in [0.717, 1.165) is 10.2 Å². The maximum atomic E-state index is 5.23. The molecular weight excluding hydrogens is 204 g/mol. The molecule has 58 valence electrons. The summed E-state index contributed by atoms with van der Waals surface area (Å²) in [5.74, 6) is 0.845. The second kappa shape index (κ2) is 4.19. The van der Waals surface area contributed by atoms with Crippen LogP contribution in [0, 0.1) is 0 Å². The zero-order valence-electron chi connectivity index (χ0n) is 6.25. The van der Waals surface area contributed by atoms with Crippen molar-refractivity contribution >= 4 is 15.9 Å². The number of ether oxygens (including phenoxy) is 1. The highest BCUT2D eigenvalue weighted by Crippen LogP contribution is 2.17. The fourth-order valence-corrected chi connectivity index (χ4v) is 1.07. The van der Waals surface area contributed by atoms with Crippen molar-refractivity contribution in [1.82, 2.24) is 0 Å². The molecule has 0 aliphatic rings. The van der Waals surface area contributed by atoms with E-state index in [1.165, 1.54) is 0 Å². The van der Waals surface area contributed by atoms with E-state index < -0.39 is 0 Å². The van der Waals surface area contributed by atoms with Crippen LogP contribution >= 0.6 is 15.9 Å². The molecule has 1 aromatic rings. The fourth-order valence-electron chi connectivity index (χ4n) is 0.687. The highest BCUT2D eigenvalue weighted by atomic mass is 79.9. The number of halogens is 1. The Morgan fingerprint density at radius 3 is 2.91 bits per heavy atom. The lowest BCUT2D eigenvalue weighted by Crippen LogP contribution is -1.79. The summed E-state index contributed by atoms with van der Waals surface area (Å²) < 4.78 is 6.25. The van der Waals surface area contributed by atoms with Gasteiger partial charge in [0.2, 0.25) is 0 Å². The van der Waals surface area contributed by atoms with Crippen molar-refractivity contribution in [2.75, 3.05) is 0 Å². The Bertz CT molecular complexity index is 255. The molecule has 0 aliphatic carbocycles. The molecule has 0 saturated carbocycles. The standard InChI is InChI=1S/C9H9BrO/c1-2-6-11-9-5-3-4-8(10)7-9/h2-7H,1H3/b6-2+. The minimum Gasteiger partial charge on any atom is -0.465 e. The SMILES string of the molecule is C/C=C/Oc1cccc(Br)c1. The maximum Gasteiger partial charge on any atom is 0.127 e. The van der Waals surface area contributed by atoms with E-state index >= 15 is 0 Å². The van der Waals surface area contributed by atoms with Crippen molar-refractivity contribution in [1.29, 1.82) is 0 Å². The molecule has 0 amide bonds. The number of benzene rings is 1. The molecule has 0 aromatic heterocycles. The lowest BCUT2D eigenvalue weighted by atomic mass is 10.3. The van der Waals surface area contributed by atoms with Crippen LogP contribution in [0.3, 0.4) is 0 Å². The van der Waals surface area contributed by atoms with E-state index in [1.54, 1.807) is 6.26 Å². The van der Waals surface area contributed by atoms with Crippen LogP contribution in [-0.4, -0.2) is 0 Å². The third-order valence-corrected chi connectivity index (χ3v) is 1.63. The molecule has 0 saturated heterocycles. The van der Waals surface area contributed by atoms with Gasteiger partial charge in [0.15, 0.2) is 0 Å². The molecule has 1 rings (SSSR count). The molecule has 0 heterocycles. The van der Waals surface area contributed by atoms with Gasteiger partial charge in [-0.2, -0.15) is 0 Å². The van der Waals surface area contributed by atoms with Crippen molar-refractivity contribution in [2.24, 2.45) is 0 Å². The first-order valence-electron chi connectivity index (χ1n) is 3.36. The highest BCUT2D eigenvalue weighted by Gasteiger charge is 1.89. The van der Waals surface area contributed by atoms with Crippen LogP contribution in [-0.2, 0) is 0 Å². The monoisotopic (exact) mass is 212 g/mol. The summed E-state index contributed by atoms with van der Waals surface area (Å²) in [7, 11) is 0. The van der Waals surface area contributed by atoms with E-state index in [2.05, 4.69) is 15.9 Å². The van der Waals surface area contributed by atoms with E-state index in [-0.39, 0.29) is 0 Å². The minimum absolute atomic E-state index is 0.845. The number of hydrogen-bond acceptors (Lipinski definition) is 1. The number of allylic oxidation sites excluding steroid dienone is 1. The third-order valence-electron chi connectivity index (χ3n) is 1.14. The van der Waals surface area contributed by atoms with Crippen molar-refractivity contribution in [3.05, 3.63) is 41.1 Å². The lowest BCUT2D eigenvalue weighted by Gasteiger charge is -1.98. The smallest absolute Gasteiger partial charge is 0.127 e. The van der Waals surface area contributed by atoms with Crippen LogP contribution in [0.4, 0.5) is 0 Å². The van der Waals surface area contributed by atoms with Crippen LogP contribution < -0.4 is 4.74 Å². The zero-order valence-corrected chi connectivity index (χ0v) is 7.84. The summed E-state index contributed by atoms with van der Waals surface area (Å²) in [6, 6.07) is 7.72.